The maximum absolute atomic E-state index is 5.44. The number of halogens is 1. The number of rotatable bonds is 9. The molecule has 0 aliphatic heterocycles. The number of nitrogens with one attached hydrogen (secondary N) is 1. The third-order valence-electron chi connectivity index (χ3n) is 3.67. The van der Waals surface area contributed by atoms with Gasteiger partial charge in [0.1, 0.15) is 0 Å². The smallest absolute Gasteiger partial charge is 0.169 e. The van der Waals surface area contributed by atoms with Gasteiger partial charge in [0, 0.05) is 26.3 Å². The van der Waals surface area contributed by atoms with E-state index in [4.69, 9.17) is 12.2 Å². The minimum atomic E-state index is 0.704. The summed E-state index contributed by atoms with van der Waals surface area (Å²) in [7, 11) is 2.00. The Labute approximate surface area is 148 Å². The van der Waals surface area contributed by atoms with Crippen molar-refractivity contribution in [1.29, 1.82) is 0 Å². The van der Waals surface area contributed by atoms with E-state index in [0.29, 0.717) is 6.54 Å². The Hall–Kier alpha value is -0.660. The zero-order chi connectivity index (χ0) is 16.5. The van der Waals surface area contributed by atoms with Crippen molar-refractivity contribution in [3.8, 4) is 0 Å². The summed E-state index contributed by atoms with van der Waals surface area (Å²) in [5.41, 5.74) is 1.01. The van der Waals surface area contributed by atoms with E-state index >= 15 is 0 Å². The third kappa shape index (κ3) is 6.22. The quantitative estimate of drug-likeness (QED) is 0.518. The molecule has 0 fully saturated rings. The van der Waals surface area contributed by atoms with Crippen LogP contribution < -0.4 is 5.32 Å². The van der Waals surface area contributed by atoms with E-state index in [1.54, 1.807) is 0 Å². The van der Waals surface area contributed by atoms with Gasteiger partial charge < -0.3 is 15.1 Å². The highest BCUT2D eigenvalue weighted by Gasteiger charge is 2.11. The second kappa shape index (κ2) is 10.2. The van der Waals surface area contributed by atoms with Crippen molar-refractivity contribution in [3.05, 3.63) is 16.4 Å². The average Bonchev–Trinajstić information content (AvgIpc) is 2.87. The molecule has 1 N–H and O–H groups in total. The maximum atomic E-state index is 5.44. The topological polar surface area (TPSA) is 36.3 Å². The predicted molar refractivity (Wildman–Crippen MR) is 100 cm³/mol. The van der Waals surface area contributed by atoms with E-state index in [1.165, 1.54) is 0 Å². The normalized spacial score (nSPS) is 11.0. The molecule has 1 rings (SSSR count). The molecular weight excluding hydrogens is 362 g/mol. The van der Waals surface area contributed by atoms with Crippen molar-refractivity contribution in [2.45, 2.75) is 40.3 Å². The number of aromatic nitrogens is 2. The summed E-state index contributed by atoms with van der Waals surface area (Å²) in [4.78, 5) is 4.45. The lowest BCUT2D eigenvalue weighted by Gasteiger charge is -2.22. The van der Waals surface area contributed by atoms with Gasteiger partial charge in [0.2, 0.25) is 0 Å². The van der Waals surface area contributed by atoms with Gasteiger partial charge in [-0.1, -0.05) is 13.8 Å². The van der Waals surface area contributed by atoms with Crippen LogP contribution in [0.2, 0.25) is 0 Å². The van der Waals surface area contributed by atoms with E-state index in [0.717, 1.165) is 54.4 Å². The monoisotopic (exact) mass is 389 g/mol. The SMILES string of the molecule is CCN(CC)CCCNC(=S)N(C)Cc1nn(CC)cc1Br. The van der Waals surface area contributed by atoms with Gasteiger partial charge in [0.25, 0.3) is 0 Å². The van der Waals surface area contributed by atoms with Crippen LogP contribution in [-0.4, -0.2) is 57.9 Å². The molecule has 126 valence electrons. The van der Waals surface area contributed by atoms with Crippen molar-refractivity contribution in [2.24, 2.45) is 0 Å². The van der Waals surface area contributed by atoms with Gasteiger partial charge in [-0.15, -0.1) is 0 Å². The highest BCUT2D eigenvalue weighted by atomic mass is 79.9. The lowest BCUT2D eigenvalue weighted by Crippen LogP contribution is -2.38. The summed E-state index contributed by atoms with van der Waals surface area (Å²) in [5.74, 6) is 0. The van der Waals surface area contributed by atoms with E-state index in [9.17, 15) is 0 Å². The summed E-state index contributed by atoms with van der Waals surface area (Å²) in [6.07, 6.45) is 3.10. The molecule has 0 spiro atoms. The van der Waals surface area contributed by atoms with Crippen LogP contribution in [-0.2, 0) is 13.1 Å². The Morgan fingerprint density at radius 1 is 1.36 bits per heavy atom. The van der Waals surface area contributed by atoms with Gasteiger partial charge in [0.05, 0.1) is 16.7 Å². The first-order valence-corrected chi connectivity index (χ1v) is 9.15. The first-order chi connectivity index (χ1) is 10.5. The zero-order valence-electron chi connectivity index (χ0n) is 14.1. The average molecular weight is 390 g/mol. The molecule has 0 radical (unpaired) electrons. The van der Waals surface area contributed by atoms with E-state index in [2.05, 4.69) is 52.0 Å². The molecule has 22 heavy (non-hydrogen) atoms. The summed E-state index contributed by atoms with van der Waals surface area (Å²) in [6.45, 7) is 12.3. The molecule has 0 saturated heterocycles. The van der Waals surface area contributed by atoms with Crippen molar-refractivity contribution in [3.63, 3.8) is 0 Å². The highest BCUT2D eigenvalue weighted by Crippen LogP contribution is 2.16. The number of nitrogens with zero attached hydrogens (tertiary/aromatic N) is 4. The number of aryl methyl sites for hydroxylation is 1. The van der Waals surface area contributed by atoms with Gasteiger partial charge >= 0.3 is 0 Å². The molecule has 0 aliphatic rings. The standard InChI is InChI=1S/C15H28BrN5S/c1-5-20(6-2)10-8-9-17-15(22)19(4)12-14-13(16)11-21(7-3)18-14/h11H,5-10,12H2,1-4H3,(H,17,22). The van der Waals surface area contributed by atoms with Crippen LogP contribution in [0.4, 0.5) is 0 Å². The molecule has 0 aliphatic carbocycles. The Balaban J connectivity index is 2.34. The Morgan fingerprint density at radius 3 is 2.59 bits per heavy atom. The molecule has 1 heterocycles. The Morgan fingerprint density at radius 2 is 2.05 bits per heavy atom. The van der Waals surface area contributed by atoms with Gasteiger partial charge in [-0.05, 0) is 61.1 Å². The van der Waals surface area contributed by atoms with Crippen LogP contribution in [0, 0.1) is 0 Å². The summed E-state index contributed by atoms with van der Waals surface area (Å²) in [5, 5.41) is 8.63. The Kier molecular flexibility index (Phi) is 8.97. The summed E-state index contributed by atoms with van der Waals surface area (Å²) in [6, 6.07) is 0. The first kappa shape index (κ1) is 19.4. The summed E-state index contributed by atoms with van der Waals surface area (Å²) < 4.78 is 2.96. The summed E-state index contributed by atoms with van der Waals surface area (Å²) >= 11 is 8.99. The molecule has 1 aromatic heterocycles. The molecule has 1 aromatic rings. The maximum Gasteiger partial charge on any atom is 0.169 e. The molecule has 0 amide bonds. The molecule has 7 heteroatoms. The van der Waals surface area contributed by atoms with Crippen LogP contribution in [0.25, 0.3) is 0 Å². The molecule has 5 nitrogen and oxygen atoms in total. The van der Waals surface area contributed by atoms with Crippen LogP contribution in [0.15, 0.2) is 10.7 Å². The predicted octanol–water partition coefficient (Wildman–Crippen LogP) is 2.70. The molecule has 0 unspecified atom stereocenters. The van der Waals surface area contributed by atoms with Crippen LogP contribution in [0.1, 0.15) is 32.9 Å². The van der Waals surface area contributed by atoms with Gasteiger partial charge in [-0.2, -0.15) is 5.10 Å². The second-order valence-corrected chi connectivity index (χ2v) is 6.49. The van der Waals surface area contributed by atoms with E-state index in [-0.39, 0.29) is 0 Å². The van der Waals surface area contributed by atoms with E-state index in [1.807, 2.05) is 22.8 Å². The fourth-order valence-electron chi connectivity index (χ4n) is 2.18. The van der Waals surface area contributed by atoms with Crippen LogP contribution in [0.5, 0.6) is 0 Å². The van der Waals surface area contributed by atoms with Gasteiger partial charge in [-0.25, -0.2) is 0 Å². The fraction of sp³-hybridized carbons (Fsp3) is 0.733. The van der Waals surface area contributed by atoms with E-state index < -0.39 is 0 Å². The Bertz CT molecular complexity index is 459. The van der Waals surface area contributed by atoms with Gasteiger partial charge in [-0.3, -0.25) is 4.68 Å². The number of hydrogen-bond donors (Lipinski definition) is 1. The second-order valence-electron chi connectivity index (χ2n) is 5.25. The largest absolute Gasteiger partial charge is 0.363 e. The fourth-order valence-corrected chi connectivity index (χ4v) is 2.78. The highest BCUT2D eigenvalue weighted by molar-refractivity contribution is 9.10. The van der Waals surface area contributed by atoms with Crippen molar-refractivity contribution >= 4 is 33.3 Å². The molecule has 0 bridgehead atoms. The minimum Gasteiger partial charge on any atom is -0.363 e. The molecule has 0 saturated carbocycles. The lowest BCUT2D eigenvalue weighted by atomic mass is 10.3. The first-order valence-electron chi connectivity index (χ1n) is 7.94. The van der Waals surface area contributed by atoms with Crippen molar-refractivity contribution in [2.75, 3.05) is 33.2 Å². The third-order valence-corrected chi connectivity index (χ3v) is 4.79. The molecule has 0 atom stereocenters. The van der Waals surface area contributed by atoms with Crippen molar-refractivity contribution in [1.82, 2.24) is 24.9 Å². The van der Waals surface area contributed by atoms with Crippen molar-refractivity contribution < 1.29 is 0 Å². The lowest BCUT2D eigenvalue weighted by molar-refractivity contribution is 0.299. The minimum absolute atomic E-state index is 0.704. The van der Waals surface area contributed by atoms with Crippen LogP contribution >= 0.6 is 28.1 Å². The molecule has 0 aromatic carbocycles. The zero-order valence-corrected chi connectivity index (χ0v) is 16.5. The van der Waals surface area contributed by atoms with Crippen LogP contribution in [0.3, 0.4) is 0 Å². The molecular formula is C15H28BrN5S. The van der Waals surface area contributed by atoms with Gasteiger partial charge in [0.15, 0.2) is 5.11 Å². The number of hydrogen-bond acceptors (Lipinski definition) is 3. The number of thiocarbonyl (C=S) groups is 1.